The highest BCUT2D eigenvalue weighted by Gasteiger charge is 2.14. The summed E-state index contributed by atoms with van der Waals surface area (Å²) in [6.45, 7) is 5.42. The van der Waals surface area contributed by atoms with Gasteiger partial charge >= 0.3 is 7.82 Å². The average molecular weight is 367 g/mol. The monoisotopic (exact) mass is 367 g/mol. The van der Waals surface area contributed by atoms with E-state index in [1.807, 2.05) is 12.1 Å². The van der Waals surface area contributed by atoms with E-state index >= 15 is 0 Å². The lowest BCUT2D eigenvalue weighted by Gasteiger charge is -2.24. The second-order valence-corrected chi connectivity index (χ2v) is 6.63. The summed E-state index contributed by atoms with van der Waals surface area (Å²) in [6, 6.07) is 8.09. The van der Waals surface area contributed by atoms with Crippen molar-refractivity contribution in [2.45, 2.75) is 13.3 Å². The Bertz CT molecular complexity index is 803. The standard InChI is InChI=1S/C16H19N3O.H3O4P/c1-2-19-8-6-12(7-9-19)15-10-13-4-3-5-14(17-11-20)16(13)18-15;1-5(2,3)4/h3-6,10-11,18H,2,7-9H2,1H3,(H,17,20);(H3,1,2,3,4). The number of fused-ring (bicyclic) bond motifs is 1. The van der Waals surface area contributed by atoms with Crippen LogP contribution in [0.2, 0.25) is 0 Å². The second-order valence-electron chi connectivity index (χ2n) is 5.60. The largest absolute Gasteiger partial charge is 0.466 e. The molecule has 8 nitrogen and oxygen atoms in total. The van der Waals surface area contributed by atoms with Crippen LogP contribution in [-0.4, -0.2) is 50.6 Å². The number of anilines is 1. The third-order valence-electron chi connectivity index (χ3n) is 3.96. The summed E-state index contributed by atoms with van der Waals surface area (Å²) in [7, 11) is -4.64. The molecule has 1 aliphatic heterocycles. The van der Waals surface area contributed by atoms with Gasteiger partial charge in [-0.15, -0.1) is 0 Å². The highest BCUT2D eigenvalue weighted by molar-refractivity contribution is 7.45. The first-order chi connectivity index (χ1) is 11.8. The molecular formula is C16H22N3O5P. The second kappa shape index (κ2) is 8.42. The zero-order valence-corrected chi connectivity index (χ0v) is 14.7. The summed E-state index contributed by atoms with van der Waals surface area (Å²) in [5, 5.41) is 3.87. The van der Waals surface area contributed by atoms with Crippen LogP contribution in [0.4, 0.5) is 5.69 Å². The van der Waals surface area contributed by atoms with Crippen molar-refractivity contribution in [3.63, 3.8) is 0 Å². The van der Waals surface area contributed by atoms with Gasteiger partial charge in [-0.25, -0.2) is 4.57 Å². The fourth-order valence-electron chi connectivity index (χ4n) is 2.76. The van der Waals surface area contributed by atoms with Gasteiger partial charge in [0.15, 0.2) is 0 Å². The molecule has 0 atom stereocenters. The third kappa shape index (κ3) is 5.81. The van der Waals surface area contributed by atoms with Crippen molar-refractivity contribution in [3.05, 3.63) is 36.0 Å². The van der Waals surface area contributed by atoms with Gasteiger partial charge in [0.2, 0.25) is 6.41 Å². The maximum Gasteiger partial charge on any atom is 0.466 e. The molecule has 2 aromatic rings. The summed E-state index contributed by atoms with van der Waals surface area (Å²) >= 11 is 0. The molecule has 2 heterocycles. The minimum Gasteiger partial charge on any atom is -0.353 e. The van der Waals surface area contributed by atoms with Gasteiger partial charge < -0.3 is 25.0 Å². The van der Waals surface area contributed by atoms with Crippen molar-refractivity contribution in [1.82, 2.24) is 9.88 Å². The number of rotatable bonds is 4. The van der Waals surface area contributed by atoms with Gasteiger partial charge in [0.1, 0.15) is 0 Å². The summed E-state index contributed by atoms with van der Waals surface area (Å²) < 4.78 is 8.88. The quantitative estimate of drug-likeness (QED) is 0.415. The lowest BCUT2D eigenvalue weighted by molar-refractivity contribution is -0.105. The fourth-order valence-corrected chi connectivity index (χ4v) is 2.76. The first kappa shape index (κ1) is 19.4. The molecule has 5 N–H and O–H groups in total. The van der Waals surface area contributed by atoms with Crippen LogP contribution in [0.1, 0.15) is 19.0 Å². The molecule has 1 aliphatic rings. The Hall–Kier alpha value is -1.96. The molecule has 25 heavy (non-hydrogen) atoms. The van der Waals surface area contributed by atoms with Gasteiger partial charge in [-0.2, -0.15) is 0 Å². The number of hydrogen-bond donors (Lipinski definition) is 5. The summed E-state index contributed by atoms with van der Waals surface area (Å²) in [4.78, 5) is 38.1. The maximum atomic E-state index is 10.7. The normalized spacial score (nSPS) is 15.3. The molecule has 0 saturated carbocycles. The van der Waals surface area contributed by atoms with Gasteiger partial charge in [0, 0.05) is 24.2 Å². The fraction of sp³-hybridized carbons (Fsp3) is 0.312. The lowest BCUT2D eigenvalue weighted by atomic mass is 10.0. The number of benzene rings is 1. The number of hydrogen-bond acceptors (Lipinski definition) is 3. The zero-order chi connectivity index (χ0) is 18.4. The number of phosphoric acid groups is 1. The highest BCUT2D eigenvalue weighted by atomic mass is 31.2. The number of nitrogens with one attached hydrogen (secondary N) is 2. The molecule has 136 valence electrons. The van der Waals surface area contributed by atoms with Crippen LogP contribution in [0.5, 0.6) is 0 Å². The number of carbonyl (C=O) groups is 1. The number of nitrogens with zero attached hydrogens (tertiary/aromatic N) is 1. The van der Waals surface area contributed by atoms with Crippen molar-refractivity contribution in [1.29, 1.82) is 0 Å². The molecule has 0 fully saturated rings. The molecule has 1 amide bonds. The number of aromatic amines is 1. The molecule has 1 aromatic carbocycles. The van der Waals surface area contributed by atoms with Gasteiger partial charge in [0.05, 0.1) is 11.2 Å². The minimum absolute atomic E-state index is 0.717. The minimum atomic E-state index is -4.64. The van der Waals surface area contributed by atoms with Crippen LogP contribution in [0.25, 0.3) is 16.5 Å². The van der Waals surface area contributed by atoms with Crippen LogP contribution in [0.3, 0.4) is 0 Å². The zero-order valence-electron chi connectivity index (χ0n) is 13.8. The Balaban J connectivity index is 0.000000399. The van der Waals surface area contributed by atoms with Crippen LogP contribution < -0.4 is 5.32 Å². The first-order valence-corrected chi connectivity index (χ1v) is 9.40. The Morgan fingerprint density at radius 1 is 1.36 bits per heavy atom. The predicted octanol–water partition coefficient (Wildman–Crippen LogP) is 1.92. The van der Waals surface area contributed by atoms with E-state index in [1.54, 1.807) is 0 Å². The van der Waals surface area contributed by atoms with E-state index in [9.17, 15) is 4.79 Å². The number of amides is 1. The summed E-state index contributed by atoms with van der Waals surface area (Å²) in [6.07, 6.45) is 4.08. The van der Waals surface area contributed by atoms with Crippen molar-refractivity contribution >= 4 is 36.4 Å². The summed E-state index contributed by atoms with van der Waals surface area (Å²) in [5.41, 5.74) is 4.35. The summed E-state index contributed by atoms with van der Waals surface area (Å²) in [5.74, 6) is 0. The van der Waals surface area contributed by atoms with Crippen molar-refractivity contribution < 1.29 is 24.0 Å². The molecule has 0 bridgehead atoms. The van der Waals surface area contributed by atoms with Crippen molar-refractivity contribution in [3.8, 4) is 0 Å². The Morgan fingerprint density at radius 2 is 2.08 bits per heavy atom. The van der Waals surface area contributed by atoms with E-state index < -0.39 is 7.82 Å². The lowest BCUT2D eigenvalue weighted by Crippen LogP contribution is -2.28. The molecule has 0 radical (unpaired) electrons. The Morgan fingerprint density at radius 3 is 2.64 bits per heavy atom. The van der Waals surface area contributed by atoms with Crippen LogP contribution in [0.15, 0.2) is 30.3 Å². The predicted molar refractivity (Wildman–Crippen MR) is 97.0 cm³/mol. The third-order valence-corrected chi connectivity index (χ3v) is 3.96. The highest BCUT2D eigenvalue weighted by Crippen LogP contribution is 2.29. The molecule has 0 saturated heterocycles. The molecule has 9 heteroatoms. The van der Waals surface area contributed by atoms with E-state index in [2.05, 4.69) is 40.3 Å². The van der Waals surface area contributed by atoms with E-state index in [-0.39, 0.29) is 0 Å². The maximum absolute atomic E-state index is 10.7. The number of carbonyl (C=O) groups excluding carboxylic acids is 1. The SMILES string of the molecule is CCN1CC=C(c2cc3cccc(NC=O)c3[nH]2)CC1.O=P(O)(O)O. The number of likely N-dealkylation sites (N-methyl/N-ethyl adjacent to an activating group) is 1. The van der Waals surface area contributed by atoms with E-state index in [0.29, 0.717) is 6.41 Å². The first-order valence-electron chi connectivity index (χ1n) is 7.83. The Kier molecular flexibility index (Phi) is 6.52. The number of H-pyrrole nitrogens is 1. The molecule has 1 aromatic heterocycles. The average Bonchev–Trinajstić information content (AvgIpc) is 2.99. The Labute approximate surface area is 145 Å². The molecule has 3 rings (SSSR count). The van der Waals surface area contributed by atoms with Crippen molar-refractivity contribution in [2.75, 3.05) is 25.0 Å². The van der Waals surface area contributed by atoms with Crippen LogP contribution in [-0.2, 0) is 9.36 Å². The van der Waals surface area contributed by atoms with Gasteiger partial charge in [-0.3, -0.25) is 9.69 Å². The molecule has 0 aliphatic carbocycles. The molecular weight excluding hydrogens is 345 g/mol. The van der Waals surface area contributed by atoms with Gasteiger partial charge in [-0.1, -0.05) is 25.1 Å². The van der Waals surface area contributed by atoms with E-state index in [4.69, 9.17) is 19.2 Å². The van der Waals surface area contributed by atoms with E-state index in [0.717, 1.165) is 48.3 Å². The number of aromatic nitrogens is 1. The van der Waals surface area contributed by atoms with Crippen LogP contribution in [0, 0.1) is 0 Å². The van der Waals surface area contributed by atoms with Gasteiger partial charge in [-0.05, 0) is 30.7 Å². The topological polar surface area (TPSA) is 126 Å². The smallest absolute Gasteiger partial charge is 0.353 e. The van der Waals surface area contributed by atoms with Crippen molar-refractivity contribution in [2.24, 2.45) is 0 Å². The van der Waals surface area contributed by atoms with Crippen LogP contribution >= 0.6 is 7.82 Å². The van der Waals surface area contributed by atoms with E-state index in [1.165, 1.54) is 5.57 Å². The molecule has 0 unspecified atom stereocenters. The molecule has 0 spiro atoms. The van der Waals surface area contributed by atoms with Gasteiger partial charge in [0.25, 0.3) is 0 Å². The number of para-hydroxylation sites is 1.